The molecule has 2 aliphatic heterocycles. The summed E-state index contributed by atoms with van der Waals surface area (Å²) in [6, 6.07) is 7.02. The number of ether oxygens (including phenoxy) is 2. The first-order valence-corrected chi connectivity index (χ1v) is 12.5. The normalized spacial score (nSPS) is 23.4. The third-order valence-corrected chi connectivity index (χ3v) is 6.64. The van der Waals surface area contributed by atoms with Crippen molar-refractivity contribution in [3.8, 4) is 0 Å². The van der Waals surface area contributed by atoms with E-state index in [1.165, 1.54) is 7.11 Å². The minimum absolute atomic E-state index is 0.0562. The average Bonchev–Trinajstić information content (AvgIpc) is 2.71. The van der Waals surface area contributed by atoms with E-state index in [1.807, 2.05) is 24.3 Å². The van der Waals surface area contributed by atoms with Crippen molar-refractivity contribution in [3.05, 3.63) is 29.3 Å². The molecule has 2 atom stereocenters. The Kier molecular flexibility index (Phi) is 7.84. The summed E-state index contributed by atoms with van der Waals surface area (Å²) < 4.78 is 37.3. The molecule has 1 aromatic carbocycles. The van der Waals surface area contributed by atoms with Gasteiger partial charge in [-0.1, -0.05) is 17.7 Å². The quantitative estimate of drug-likeness (QED) is 0.703. The molecule has 3 rings (SSSR count). The smallest absolute Gasteiger partial charge is 0.409 e. The molecular weight excluding hydrogens is 430 g/mol. The molecule has 2 heterocycles. The Balaban J connectivity index is 1.59. The van der Waals surface area contributed by atoms with Crippen LogP contribution >= 0.6 is 11.6 Å². The fraction of sp³-hybridized carbons (Fsp3) is 0.650. The number of amides is 1. The summed E-state index contributed by atoms with van der Waals surface area (Å²) in [7, 11) is -2.07. The number of anilines is 1. The van der Waals surface area contributed by atoms with Gasteiger partial charge in [-0.3, -0.25) is 0 Å². The van der Waals surface area contributed by atoms with Crippen molar-refractivity contribution in [2.24, 2.45) is 0 Å². The zero-order valence-electron chi connectivity index (χ0n) is 17.4. The van der Waals surface area contributed by atoms with E-state index >= 15 is 0 Å². The van der Waals surface area contributed by atoms with E-state index in [9.17, 15) is 13.2 Å². The van der Waals surface area contributed by atoms with Gasteiger partial charge in [0.2, 0.25) is 10.0 Å². The number of carbonyl (C=O) groups excluding carboxylic acids is 1. The molecule has 0 unspecified atom stereocenters. The number of piperidine rings is 2. The number of methoxy groups -OCH3 is 1. The molecule has 0 bridgehead atoms. The second-order valence-corrected chi connectivity index (χ2v) is 10.1. The number of halogens is 1. The molecule has 0 aliphatic carbocycles. The maximum Gasteiger partial charge on any atom is 0.409 e. The molecular formula is C20H30ClN3O5S. The fourth-order valence-electron chi connectivity index (χ4n) is 4.21. The standard InChI is InChI=1S/C20H30ClN3O5S/c1-28-20(25)24-10-4-7-18(22-30(2,26)27)19(24)14-29-17-8-11-23(12-9-17)16-6-3-5-15(21)13-16/h3,5-6,13,17-19,22H,4,7-12,14H2,1-2H3/t18-,19-/m0/s1. The van der Waals surface area contributed by atoms with Crippen LogP contribution in [-0.2, 0) is 19.5 Å². The Hall–Kier alpha value is -1.55. The first kappa shape index (κ1) is 23.1. The zero-order valence-corrected chi connectivity index (χ0v) is 19.0. The molecule has 0 saturated carbocycles. The first-order valence-electron chi connectivity index (χ1n) is 10.2. The van der Waals surface area contributed by atoms with Crippen LogP contribution in [-0.4, -0.2) is 77.2 Å². The number of rotatable bonds is 6. The van der Waals surface area contributed by atoms with Crippen LogP contribution in [0.4, 0.5) is 10.5 Å². The highest BCUT2D eigenvalue weighted by atomic mass is 35.5. The lowest BCUT2D eigenvalue weighted by atomic mass is 9.97. The van der Waals surface area contributed by atoms with Crippen molar-refractivity contribution < 1.29 is 22.7 Å². The lowest BCUT2D eigenvalue weighted by Gasteiger charge is -2.41. The summed E-state index contributed by atoms with van der Waals surface area (Å²) in [6.07, 6.45) is 3.79. The van der Waals surface area contributed by atoms with Crippen LogP contribution in [0.2, 0.25) is 5.02 Å². The van der Waals surface area contributed by atoms with Crippen LogP contribution in [0.15, 0.2) is 24.3 Å². The minimum Gasteiger partial charge on any atom is -0.453 e. The molecule has 168 valence electrons. The molecule has 0 aromatic heterocycles. The van der Waals surface area contributed by atoms with E-state index in [2.05, 4.69) is 9.62 Å². The third kappa shape index (κ3) is 6.23. The minimum atomic E-state index is -3.40. The number of nitrogens with one attached hydrogen (secondary N) is 1. The summed E-state index contributed by atoms with van der Waals surface area (Å²) in [6.45, 7) is 2.49. The highest BCUT2D eigenvalue weighted by Gasteiger charge is 2.37. The Morgan fingerprint density at radius 2 is 1.97 bits per heavy atom. The van der Waals surface area contributed by atoms with Crippen LogP contribution in [0.5, 0.6) is 0 Å². The Bertz CT molecular complexity index is 829. The van der Waals surface area contributed by atoms with E-state index in [-0.39, 0.29) is 18.8 Å². The lowest BCUT2D eigenvalue weighted by Crippen LogP contribution is -2.59. The van der Waals surface area contributed by atoms with Gasteiger partial charge < -0.3 is 19.3 Å². The summed E-state index contributed by atoms with van der Waals surface area (Å²) in [5, 5.41) is 0.718. The SMILES string of the molecule is COC(=O)N1CCC[C@H](NS(C)(=O)=O)[C@@H]1COC1CCN(c2cccc(Cl)c2)CC1. The predicted octanol–water partition coefficient (Wildman–Crippen LogP) is 2.47. The topological polar surface area (TPSA) is 88.2 Å². The number of sulfonamides is 1. The number of benzene rings is 1. The van der Waals surface area contributed by atoms with Crippen molar-refractivity contribution in [3.63, 3.8) is 0 Å². The summed E-state index contributed by atoms with van der Waals surface area (Å²) in [5.41, 5.74) is 1.10. The molecule has 0 radical (unpaired) electrons. The maximum absolute atomic E-state index is 12.2. The van der Waals surface area contributed by atoms with E-state index < -0.39 is 22.2 Å². The van der Waals surface area contributed by atoms with Crippen LogP contribution < -0.4 is 9.62 Å². The molecule has 1 aromatic rings. The third-order valence-electron chi connectivity index (χ3n) is 5.67. The summed E-state index contributed by atoms with van der Waals surface area (Å²) >= 11 is 6.10. The monoisotopic (exact) mass is 459 g/mol. The van der Waals surface area contributed by atoms with Crippen molar-refractivity contribution >= 4 is 33.4 Å². The van der Waals surface area contributed by atoms with E-state index in [4.69, 9.17) is 21.1 Å². The van der Waals surface area contributed by atoms with Gasteiger partial charge in [0.05, 0.1) is 32.1 Å². The van der Waals surface area contributed by atoms with Crippen molar-refractivity contribution in [2.75, 3.05) is 44.5 Å². The second kappa shape index (κ2) is 10.2. The van der Waals surface area contributed by atoms with Gasteiger partial charge in [-0.05, 0) is 43.9 Å². The maximum atomic E-state index is 12.2. The molecule has 10 heteroatoms. The predicted molar refractivity (Wildman–Crippen MR) is 117 cm³/mol. The van der Waals surface area contributed by atoms with Gasteiger partial charge in [-0.15, -0.1) is 0 Å². The molecule has 8 nitrogen and oxygen atoms in total. The molecule has 2 fully saturated rings. The van der Waals surface area contributed by atoms with Gasteiger partial charge in [-0.2, -0.15) is 0 Å². The number of hydrogen-bond acceptors (Lipinski definition) is 6. The molecule has 1 N–H and O–H groups in total. The largest absolute Gasteiger partial charge is 0.453 e. The van der Waals surface area contributed by atoms with Gasteiger partial charge in [-0.25, -0.2) is 17.9 Å². The van der Waals surface area contributed by atoms with Crippen molar-refractivity contribution in [1.82, 2.24) is 9.62 Å². The average molecular weight is 460 g/mol. The molecule has 1 amide bonds. The molecule has 2 saturated heterocycles. The molecule has 30 heavy (non-hydrogen) atoms. The molecule has 0 spiro atoms. The highest BCUT2D eigenvalue weighted by Crippen LogP contribution is 2.25. The van der Waals surface area contributed by atoms with E-state index in [0.717, 1.165) is 42.9 Å². The Morgan fingerprint density at radius 1 is 1.23 bits per heavy atom. The Labute approximate surface area is 183 Å². The molecule has 2 aliphatic rings. The van der Waals surface area contributed by atoms with Crippen LogP contribution in [0, 0.1) is 0 Å². The Morgan fingerprint density at radius 3 is 2.60 bits per heavy atom. The second-order valence-electron chi connectivity index (χ2n) is 7.87. The number of nitrogens with zero attached hydrogens (tertiary/aromatic N) is 2. The summed E-state index contributed by atoms with van der Waals surface area (Å²) in [5.74, 6) is 0. The number of carbonyl (C=O) groups is 1. The zero-order chi connectivity index (χ0) is 21.7. The van der Waals surface area contributed by atoms with E-state index in [1.54, 1.807) is 4.90 Å². The number of hydrogen-bond donors (Lipinski definition) is 1. The van der Waals surface area contributed by atoms with Gasteiger partial charge in [0, 0.05) is 36.4 Å². The first-order chi connectivity index (χ1) is 14.3. The van der Waals surface area contributed by atoms with E-state index in [0.29, 0.717) is 19.4 Å². The van der Waals surface area contributed by atoms with Crippen LogP contribution in [0.1, 0.15) is 25.7 Å². The van der Waals surface area contributed by atoms with Crippen molar-refractivity contribution in [2.45, 2.75) is 43.9 Å². The van der Waals surface area contributed by atoms with Gasteiger partial charge in [0.1, 0.15) is 0 Å². The van der Waals surface area contributed by atoms with Crippen LogP contribution in [0.3, 0.4) is 0 Å². The lowest BCUT2D eigenvalue weighted by molar-refractivity contribution is -0.0180. The number of likely N-dealkylation sites (tertiary alicyclic amines) is 1. The van der Waals surface area contributed by atoms with Crippen molar-refractivity contribution in [1.29, 1.82) is 0 Å². The highest BCUT2D eigenvalue weighted by molar-refractivity contribution is 7.88. The van der Waals surface area contributed by atoms with Gasteiger partial charge >= 0.3 is 6.09 Å². The van der Waals surface area contributed by atoms with Gasteiger partial charge in [0.25, 0.3) is 0 Å². The summed E-state index contributed by atoms with van der Waals surface area (Å²) in [4.78, 5) is 16.1. The fourth-order valence-corrected chi connectivity index (χ4v) is 5.22. The van der Waals surface area contributed by atoms with Gasteiger partial charge in [0.15, 0.2) is 0 Å². The van der Waals surface area contributed by atoms with Crippen LogP contribution in [0.25, 0.3) is 0 Å².